The van der Waals surface area contributed by atoms with Crippen LogP contribution in [0.4, 0.5) is 11.4 Å². The van der Waals surface area contributed by atoms with Crippen molar-refractivity contribution in [1.29, 1.82) is 0 Å². The van der Waals surface area contributed by atoms with Gasteiger partial charge in [-0.05, 0) is 29.8 Å². The van der Waals surface area contributed by atoms with E-state index in [1.165, 1.54) is 0 Å². The van der Waals surface area contributed by atoms with Crippen LogP contribution in [-0.4, -0.2) is 12.5 Å². The van der Waals surface area contributed by atoms with Crippen molar-refractivity contribution >= 4 is 17.3 Å². The monoisotopic (exact) mass is 270 g/mol. The Hall–Kier alpha value is -2.33. The maximum Gasteiger partial charge on any atom is 0.226 e. The fourth-order valence-corrected chi connectivity index (χ4v) is 1.72. The first-order valence-electron chi connectivity index (χ1n) is 6.51. The van der Waals surface area contributed by atoms with E-state index >= 15 is 0 Å². The lowest BCUT2D eigenvalue weighted by Crippen LogP contribution is -2.14. The van der Waals surface area contributed by atoms with E-state index in [0.717, 1.165) is 11.3 Å². The van der Waals surface area contributed by atoms with Gasteiger partial charge in [0.05, 0.1) is 19.6 Å². The van der Waals surface area contributed by atoms with Crippen molar-refractivity contribution in [1.82, 2.24) is 0 Å². The first-order valence-corrected chi connectivity index (χ1v) is 6.51. The first kappa shape index (κ1) is 14.1. The highest BCUT2D eigenvalue weighted by atomic mass is 16.5. The van der Waals surface area contributed by atoms with Crippen molar-refractivity contribution in [2.75, 3.05) is 17.7 Å². The molecule has 2 rings (SSSR count). The molecule has 2 aromatic rings. The van der Waals surface area contributed by atoms with Gasteiger partial charge in [-0.25, -0.2) is 0 Å². The predicted octanol–water partition coefficient (Wildman–Crippen LogP) is 2.81. The molecule has 1 amide bonds. The maximum absolute atomic E-state index is 11.7. The van der Waals surface area contributed by atoms with Gasteiger partial charge in [0.1, 0.15) is 0 Å². The molecule has 2 aromatic carbocycles. The lowest BCUT2D eigenvalue weighted by atomic mass is 10.2. The Labute approximate surface area is 118 Å². The number of nitrogens with one attached hydrogen (secondary N) is 1. The normalized spacial score (nSPS) is 10.2. The highest BCUT2D eigenvalue weighted by Gasteiger charge is 2.02. The summed E-state index contributed by atoms with van der Waals surface area (Å²) >= 11 is 0. The number of ether oxygens (including phenoxy) is 1. The van der Waals surface area contributed by atoms with Crippen LogP contribution in [0.2, 0.25) is 0 Å². The number of nitrogen functional groups attached to an aromatic ring is 1. The van der Waals surface area contributed by atoms with Gasteiger partial charge in [-0.3, -0.25) is 4.79 Å². The Bertz CT molecular complexity index is 538. The third-order valence-electron chi connectivity index (χ3n) is 2.78. The van der Waals surface area contributed by atoms with Gasteiger partial charge < -0.3 is 15.8 Å². The zero-order chi connectivity index (χ0) is 14.2. The van der Waals surface area contributed by atoms with Crippen molar-refractivity contribution in [3.8, 4) is 0 Å². The smallest absolute Gasteiger partial charge is 0.226 e. The second-order valence-electron chi connectivity index (χ2n) is 4.46. The van der Waals surface area contributed by atoms with Crippen LogP contribution in [0.25, 0.3) is 0 Å². The Morgan fingerprint density at radius 1 is 1.05 bits per heavy atom. The van der Waals surface area contributed by atoms with Gasteiger partial charge >= 0.3 is 0 Å². The second kappa shape index (κ2) is 7.31. The minimum absolute atomic E-state index is 0.0668. The largest absolute Gasteiger partial charge is 0.399 e. The zero-order valence-corrected chi connectivity index (χ0v) is 11.2. The minimum Gasteiger partial charge on any atom is -0.399 e. The summed E-state index contributed by atoms with van der Waals surface area (Å²) in [5.74, 6) is -0.0668. The topological polar surface area (TPSA) is 64.3 Å². The molecule has 0 atom stereocenters. The van der Waals surface area contributed by atoms with E-state index in [1.54, 1.807) is 24.3 Å². The Morgan fingerprint density at radius 3 is 2.45 bits per heavy atom. The molecule has 20 heavy (non-hydrogen) atoms. The zero-order valence-electron chi connectivity index (χ0n) is 11.2. The summed E-state index contributed by atoms with van der Waals surface area (Å²) in [4.78, 5) is 11.7. The van der Waals surface area contributed by atoms with E-state index in [-0.39, 0.29) is 5.91 Å². The molecule has 0 unspecified atom stereocenters. The molecule has 0 saturated heterocycles. The van der Waals surface area contributed by atoms with E-state index in [9.17, 15) is 4.79 Å². The van der Waals surface area contributed by atoms with Gasteiger partial charge in [-0.15, -0.1) is 0 Å². The Balaban J connectivity index is 1.66. The number of nitrogens with two attached hydrogens (primary N) is 1. The lowest BCUT2D eigenvalue weighted by molar-refractivity contribution is -0.117. The molecule has 0 bridgehead atoms. The highest BCUT2D eigenvalue weighted by molar-refractivity contribution is 5.90. The lowest BCUT2D eigenvalue weighted by Gasteiger charge is -2.06. The van der Waals surface area contributed by atoms with Gasteiger partial charge in [0, 0.05) is 11.4 Å². The van der Waals surface area contributed by atoms with Crippen LogP contribution in [0.3, 0.4) is 0 Å². The number of rotatable bonds is 6. The average Bonchev–Trinajstić information content (AvgIpc) is 2.47. The summed E-state index contributed by atoms with van der Waals surface area (Å²) in [6.07, 6.45) is 0.331. The molecular weight excluding hydrogens is 252 g/mol. The SMILES string of the molecule is Nc1ccc(NC(=O)CCOCc2ccccc2)cc1. The van der Waals surface area contributed by atoms with Crippen LogP contribution in [0.1, 0.15) is 12.0 Å². The molecule has 4 heteroatoms. The van der Waals surface area contributed by atoms with Gasteiger partial charge in [0.2, 0.25) is 5.91 Å². The van der Waals surface area contributed by atoms with E-state index in [1.807, 2.05) is 30.3 Å². The van der Waals surface area contributed by atoms with Gasteiger partial charge in [-0.1, -0.05) is 30.3 Å². The summed E-state index contributed by atoms with van der Waals surface area (Å²) in [7, 11) is 0. The third-order valence-corrected chi connectivity index (χ3v) is 2.78. The van der Waals surface area contributed by atoms with Gasteiger partial charge in [0.25, 0.3) is 0 Å². The average molecular weight is 270 g/mol. The maximum atomic E-state index is 11.7. The molecule has 4 nitrogen and oxygen atoms in total. The van der Waals surface area contributed by atoms with Crippen LogP contribution in [0.5, 0.6) is 0 Å². The predicted molar refractivity (Wildman–Crippen MR) is 80.2 cm³/mol. The molecule has 0 aromatic heterocycles. The number of carbonyl (C=O) groups is 1. The van der Waals surface area contributed by atoms with Crippen LogP contribution < -0.4 is 11.1 Å². The van der Waals surface area contributed by atoms with E-state index in [4.69, 9.17) is 10.5 Å². The Kier molecular flexibility index (Phi) is 5.15. The van der Waals surface area contributed by atoms with Gasteiger partial charge in [0.15, 0.2) is 0 Å². The summed E-state index contributed by atoms with van der Waals surface area (Å²) in [6.45, 7) is 0.922. The van der Waals surface area contributed by atoms with Crippen molar-refractivity contribution in [2.24, 2.45) is 0 Å². The van der Waals surface area contributed by atoms with Gasteiger partial charge in [-0.2, -0.15) is 0 Å². The molecule has 104 valence electrons. The molecule has 0 heterocycles. The number of hydrogen-bond acceptors (Lipinski definition) is 3. The number of carbonyl (C=O) groups excluding carboxylic acids is 1. The fourth-order valence-electron chi connectivity index (χ4n) is 1.72. The fraction of sp³-hybridized carbons (Fsp3) is 0.188. The van der Waals surface area contributed by atoms with Crippen molar-refractivity contribution in [2.45, 2.75) is 13.0 Å². The van der Waals surface area contributed by atoms with Crippen molar-refractivity contribution in [3.05, 3.63) is 60.2 Å². The van der Waals surface area contributed by atoms with Crippen molar-refractivity contribution < 1.29 is 9.53 Å². The Morgan fingerprint density at radius 2 is 1.75 bits per heavy atom. The van der Waals surface area contributed by atoms with E-state index in [2.05, 4.69) is 5.32 Å². The molecule has 0 fully saturated rings. The minimum atomic E-state index is -0.0668. The molecular formula is C16H18N2O2. The quantitative estimate of drug-likeness (QED) is 0.626. The molecule has 0 spiro atoms. The molecule has 0 aliphatic carbocycles. The number of hydrogen-bond donors (Lipinski definition) is 2. The van der Waals surface area contributed by atoms with Crippen LogP contribution in [-0.2, 0) is 16.1 Å². The summed E-state index contributed by atoms with van der Waals surface area (Å²) in [5, 5.41) is 2.79. The van der Waals surface area contributed by atoms with Crippen molar-refractivity contribution in [3.63, 3.8) is 0 Å². The summed E-state index contributed by atoms with van der Waals surface area (Å²) in [6, 6.07) is 16.9. The highest BCUT2D eigenvalue weighted by Crippen LogP contribution is 2.10. The number of amides is 1. The molecule has 0 saturated carbocycles. The molecule has 3 N–H and O–H groups in total. The van der Waals surface area contributed by atoms with Crippen LogP contribution in [0, 0.1) is 0 Å². The number of anilines is 2. The summed E-state index contributed by atoms with van der Waals surface area (Å²) in [5.41, 5.74) is 8.10. The van der Waals surface area contributed by atoms with E-state index < -0.39 is 0 Å². The van der Waals surface area contributed by atoms with E-state index in [0.29, 0.717) is 25.3 Å². The first-order chi connectivity index (χ1) is 9.74. The molecule has 0 aliphatic rings. The number of benzene rings is 2. The van der Waals surface area contributed by atoms with Crippen LogP contribution >= 0.6 is 0 Å². The summed E-state index contributed by atoms with van der Waals surface area (Å²) < 4.78 is 5.47. The third kappa shape index (κ3) is 4.74. The molecule has 0 aliphatic heterocycles. The standard InChI is InChI=1S/C16H18N2O2/c17-14-6-8-15(9-7-14)18-16(19)10-11-20-12-13-4-2-1-3-5-13/h1-9H,10-12,17H2,(H,18,19). The molecule has 0 radical (unpaired) electrons. The second-order valence-corrected chi connectivity index (χ2v) is 4.46. The van der Waals surface area contributed by atoms with Crippen LogP contribution in [0.15, 0.2) is 54.6 Å².